The van der Waals surface area contributed by atoms with Crippen molar-refractivity contribution in [2.24, 2.45) is 7.05 Å². The highest BCUT2D eigenvalue weighted by Crippen LogP contribution is 2.33. The van der Waals surface area contributed by atoms with Gasteiger partial charge in [0.15, 0.2) is 0 Å². The molecule has 0 spiro atoms. The average Bonchev–Trinajstić information content (AvgIpc) is 3.23. The van der Waals surface area contributed by atoms with Crippen molar-refractivity contribution in [2.45, 2.75) is 58.0 Å². The van der Waals surface area contributed by atoms with Crippen LogP contribution >= 0.6 is 0 Å². The van der Waals surface area contributed by atoms with Gasteiger partial charge in [-0.15, -0.1) is 0 Å². The summed E-state index contributed by atoms with van der Waals surface area (Å²) in [7, 11) is 3.86. The highest BCUT2D eigenvalue weighted by Gasteiger charge is 2.28. The van der Waals surface area contributed by atoms with E-state index in [9.17, 15) is 4.79 Å². The van der Waals surface area contributed by atoms with E-state index < -0.39 is 0 Å². The molecule has 1 unspecified atom stereocenters. The maximum absolute atomic E-state index is 13.6. The molecule has 1 atom stereocenters. The van der Waals surface area contributed by atoms with E-state index >= 15 is 0 Å². The Balaban J connectivity index is 1.36. The molecule has 6 nitrogen and oxygen atoms in total. The summed E-state index contributed by atoms with van der Waals surface area (Å²) in [5.74, 6) is 1.46. The van der Waals surface area contributed by atoms with Gasteiger partial charge in [0.25, 0.3) is 5.91 Å². The number of hydrogen-bond donors (Lipinski definition) is 0. The molecule has 1 fully saturated rings. The van der Waals surface area contributed by atoms with Crippen LogP contribution in [0, 0.1) is 25.2 Å². The molecule has 36 heavy (non-hydrogen) atoms. The van der Waals surface area contributed by atoms with Gasteiger partial charge in [-0.2, -0.15) is 5.26 Å². The van der Waals surface area contributed by atoms with Crippen LogP contribution in [-0.2, 0) is 24.6 Å². The number of methoxy groups -OCH3 is 1. The summed E-state index contributed by atoms with van der Waals surface area (Å²) in [6.07, 6.45) is 4.90. The first kappa shape index (κ1) is 24.3. The van der Waals surface area contributed by atoms with Crippen molar-refractivity contribution in [1.29, 1.82) is 5.26 Å². The van der Waals surface area contributed by atoms with Crippen molar-refractivity contribution in [1.82, 2.24) is 14.5 Å². The van der Waals surface area contributed by atoms with Crippen LogP contribution in [0.15, 0.2) is 36.4 Å². The van der Waals surface area contributed by atoms with Gasteiger partial charge in [0.1, 0.15) is 5.82 Å². The lowest BCUT2D eigenvalue weighted by Gasteiger charge is -2.33. The van der Waals surface area contributed by atoms with Gasteiger partial charge in [-0.05, 0) is 80.3 Å². The maximum Gasteiger partial charge on any atom is 0.254 e. The molecule has 2 heterocycles. The molecule has 1 aliphatic heterocycles. The molecule has 0 N–H and O–H groups in total. The maximum atomic E-state index is 13.6. The molecule has 2 aromatic carbocycles. The van der Waals surface area contributed by atoms with Crippen molar-refractivity contribution >= 4 is 5.91 Å². The third-order valence-corrected chi connectivity index (χ3v) is 8.09. The number of ether oxygens (including phenoxy) is 1. The molecule has 5 rings (SSSR count). The first-order chi connectivity index (χ1) is 17.4. The van der Waals surface area contributed by atoms with Crippen LogP contribution in [0.2, 0.25) is 0 Å². The van der Waals surface area contributed by atoms with Crippen LogP contribution in [-0.4, -0.2) is 46.7 Å². The van der Waals surface area contributed by atoms with Gasteiger partial charge in [-0.25, -0.2) is 4.98 Å². The number of piperidine rings is 1. The van der Waals surface area contributed by atoms with Crippen molar-refractivity contribution in [3.8, 4) is 17.5 Å². The molecule has 1 saturated heterocycles. The molecule has 1 aliphatic carbocycles. The zero-order valence-corrected chi connectivity index (χ0v) is 21.7. The van der Waals surface area contributed by atoms with Crippen LogP contribution < -0.4 is 0 Å². The molecule has 6 heteroatoms. The SMILES string of the molecule is COC1CCc2nc(-c3cc(C(=O)N4CCC(c5ccc(C#N)cc5)CC4)c(C)cc3C)n(C)c2C1. The number of nitrogens with zero attached hydrogens (tertiary/aromatic N) is 4. The van der Waals surface area contributed by atoms with Gasteiger partial charge < -0.3 is 14.2 Å². The van der Waals surface area contributed by atoms with Gasteiger partial charge in [-0.3, -0.25) is 4.79 Å². The number of carbonyl (C=O) groups is 1. The van der Waals surface area contributed by atoms with Crippen molar-refractivity contribution < 1.29 is 9.53 Å². The lowest BCUT2D eigenvalue weighted by molar-refractivity contribution is 0.0712. The van der Waals surface area contributed by atoms with E-state index in [2.05, 4.69) is 48.9 Å². The normalized spacial score (nSPS) is 18.1. The number of likely N-dealkylation sites (tertiary alicyclic amines) is 1. The molecule has 1 aromatic heterocycles. The van der Waals surface area contributed by atoms with E-state index in [-0.39, 0.29) is 12.0 Å². The largest absolute Gasteiger partial charge is 0.381 e. The van der Waals surface area contributed by atoms with E-state index in [0.717, 1.165) is 79.0 Å². The molecule has 0 radical (unpaired) electrons. The highest BCUT2D eigenvalue weighted by atomic mass is 16.5. The fourth-order valence-electron chi connectivity index (χ4n) is 5.84. The van der Waals surface area contributed by atoms with Gasteiger partial charge >= 0.3 is 0 Å². The van der Waals surface area contributed by atoms with E-state index in [4.69, 9.17) is 15.0 Å². The Morgan fingerprint density at radius 1 is 1.08 bits per heavy atom. The van der Waals surface area contributed by atoms with Crippen molar-refractivity contribution in [3.05, 3.63) is 75.6 Å². The fraction of sp³-hybridized carbons (Fsp3) is 0.433. The summed E-state index contributed by atoms with van der Waals surface area (Å²) in [4.78, 5) is 20.7. The average molecular weight is 483 g/mol. The second-order valence-electron chi connectivity index (χ2n) is 10.3. The molecule has 0 saturated carbocycles. The number of hydrogen-bond acceptors (Lipinski definition) is 4. The summed E-state index contributed by atoms with van der Waals surface area (Å²) < 4.78 is 7.81. The second kappa shape index (κ2) is 9.91. The third-order valence-electron chi connectivity index (χ3n) is 8.09. The molecule has 186 valence electrons. The van der Waals surface area contributed by atoms with Gasteiger partial charge in [0, 0.05) is 50.5 Å². The molecular weight excluding hydrogens is 448 g/mol. The summed E-state index contributed by atoms with van der Waals surface area (Å²) in [6, 6.07) is 14.2. The zero-order chi connectivity index (χ0) is 25.4. The molecular formula is C30H34N4O2. The third kappa shape index (κ3) is 4.44. The number of amides is 1. The molecule has 0 bridgehead atoms. The predicted molar refractivity (Wildman–Crippen MR) is 140 cm³/mol. The van der Waals surface area contributed by atoms with Gasteiger partial charge in [0.05, 0.1) is 23.4 Å². The number of aryl methyl sites for hydroxylation is 3. The number of imidazole rings is 1. The first-order valence-electron chi connectivity index (χ1n) is 12.9. The number of nitriles is 1. The quantitative estimate of drug-likeness (QED) is 0.519. The lowest BCUT2D eigenvalue weighted by Crippen LogP contribution is -2.38. The standard InChI is InChI=1S/C30H34N4O2/c1-19-15-20(2)26(17-25(19)29-32-27-10-9-24(36-4)16-28(27)33(29)3)30(35)34-13-11-23(12-14-34)22-7-5-21(18-31)6-8-22/h5-8,15,17,23-24H,9-14,16H2,1-4H3. The van der Waals surface area contributed by atoms with Crippen LogP contribution in [0.4, 0.5) is 0 Å². The Labute approximate surface area is 213 Å². The van der Waals surface area contributed by atoms with E-state index in [1.807, 2.05) is 24.0 Å². The molecule has 2 aliphatic rings. The zero-order valence-electron chi connectivity index (χ0n) is 21.7. The van der Waals surface area contributed by atoms with Crippen LogP contribution in [0.5, 0.6) is 0 Å². The topological polar surface area (TPSA) is 71.2 Å². The summed E-state index contributed by atoms with van der Waals surface area (Å²) in [6.45, 7) is 5.61. The number of aromatic nitrogens is 2. The Kier molecular flexibility index (Phi) is 6.68. The Bertz CT molecular complexity index is 1320. The monoisotopic (exact) mass is 482 g/mol. The van der Waals surface area contributed by atoms with E-state index in [1.165, 1.54) is 11.3 Å². The van der Waals surface area contributed by atoms with E-state index in [1.54, 1.807) is 7.11 Å². The molecule has 1 amide bonds. The van der Waals surface area contributed by atoms with Crippen LogP contribution in [0.3, 0.4) is 0 Å². The second-order valence-corrected chi connectivity index (χ2v) is 10.3. The van der Waals surface area contributed by atoms with Gasteiger partial charge in [-0.1, -0.05) is 18.2 Å². The number of benzene rings is 2. The van der Waals surface area contributed by atoms with E-state index in [0.29, 0.717) is 11.5 Å². The number of carbonyl (C=O) groups excluding carboxylic acids is 1. The summed E-state index contributed by atoms with van der Waals surface area (Å²) in [5.41, 5.74) is 8.27. The predicted octanol–water partition coefficient (Wildman–Crippen LogP) is 5.10. The highest BCUT2D eigenvalue weighted by molar-refractivity contribution is 5.97. The Morgan fingerprint density at radius 2 is 1.81 bits per heavy atom. The molecule has 3 aromatic rings. The minimum Gasteiger partial charge on any atom is -0.381 e. The van der Waals surface area contributed by atoms with Crippen LogP contribution in [0.25, 0.3) is 11.4 Å². The fourth-order valence-corrected chi connectivity index (χ4v) is 5.84. The lowest BCUT2D eigenvalue weighted by atomic mass is 9.88. The smallest absolute Gasteiger partial charge is 0.254 e. The minimum absolute atomic E-state index is 0.102. The first-order valence-corrected chi connectivity index (χ1v) is 12.9. The minimum atomic E-state index is 0.102. The Morgan fingerprint density at radius 3 is 2.47 bits per heavy atom. The van der Waals surface area contributed by atoms with Crippen molar-refractivity contribution in [2.75, 3.05) is 20.2 Å². The summed E-state index contributed by atoms with van der Waals surface area (Å²) >= 11 is 0. The Hall–Kier alpha value is -3.43. The summed E-state index contributed by atoms with van der Waals surface area (Å²) in [5, 5.41) is 9.05. The number of fused-ring (bicyclic) bond motifs is 1. The van der Waals surface area contributed by atoms with Gasteiger partial charge in [0.2, 0.25) is 0 Å². The van der Waals surface area contributed by atoms with Crippen molar-refractivity contribution in [3.63, 3.8) is 0 Å². The number of rotatable bonds is 4. The van der Waals surface area contributed by atoms with Crippen LogP contribution in [0.1, 0.15) is 69.2 Å².